The maximum atomic E-state index is 12.7. The topological polar surface area (TPSA) is 55.6 Å². The minimum absolute atomic E-state index is 0. The normalized spacial score (nSPS) is 11.0. The van der Waals surface area contributed by atoms with Crippen molar-refractivity contribution in [2.45, 2.75) is 20.8 Å². The molecule has 2 N–H and O–H groups in total. The third-order valence-electron chi connectivity index (χ3n) is 4.09. The van der Waals surface area contributed by atoms with Crippen LogP contribution in [-0.2, 0) is 0 Å². The van der Waals surface area contributed by atoms with Crippen LogP contribution in [0.1, 0.15) is 28.4 Å². The molecule has 1 heterocycles. The first-order valence-corrected chi connectivity index (χ1v) is 8.79. The molecule has 0 saturated heterocycles. The van der Waals surface area contributed by atoms with Gasteiger partial charge in [-0.3, -0.25) is 4.79 Å². The number of carbonyl (C=O) groups is 1. The second-order valence-corrected chi connectivity index (χ2v) is 8.09. The summed E-state index contributed by atoms with van der Waals surface area (Å²) in [6, 6.07) is 9.89. The zero-order valence-corrected chi connectivity index (χ0v) is 17.1. The molecule has 0 atom stereocenters. The average molecular weight is 383 g/mol. The van der Waals surface area contributed by atoms with Crippen molar-refractivity contribution in [3.05, 3.63) is 40.1 Å². The van der Waals surface area contributed by atoms with Crippen LogP contribution >= 0.6 is 23.7 Å². The Morgan fingerprint density at radius 1 is 1.28 bits per heavy atom. The van der Waals surface area contributed by atoms with Crippen LogP contribution in [0.2, 0.25) is 0 Å². The first kappa shape index (κ1) is 21.5. The van der Waals surface area contributed by atoms with Crippen molar-refractivity contribution >= 4 is 29.7 Å². The highest BCUT2D eigenvalue weighted by Crippen LogP contribution is 2.32. The highest BCUT2D eigenvalue weighted by Gasteiger charge is 2.23. The van der Waals surface area contributed by atoms with E-state index in [1.807, 2.05) is 44.3 Å². The van der Waals surface area contributed by atoms with Gasteiger partial charge >= 0.3 is 0 Å². The number of hydrogen-bond donors (Lipinski definition) is 1. The molecule has 1 aromatic carbocycles. The largest absolute Gasteiger partial charge is 0.497 e. The Labute approximate surface area is 160 Å². The van der Waals surface area contributed by atoms with Gasteiger partial charge in [-0.15, -0.1) is 23.7 Å². The molecule has 0 saturated carbocycles. The van der Waals surface area contributed by atoms with Gasteiger partial charge in [-0.05, 0) is 48.2 Å². The van der Waals surface area contributed by atoms with Crippen LogP contribution < -0.4 is 10.5 Å². The summed E-state index contributed by atoms with van der Waals surface area (Å²) in [6.07, 6.45) is 0. The third-order valence-corrected chi connectivity index (χ3v) is 5.13. The van der Waals surface area contributed by atoms with Gasteiger partial charge in [0.2, 0.25) is 0 Å². The number of benzene rings is 1. The van der Waals surface area contributed by atoms with E-state index in [2.05, 4.69) is 13.8 Å². The Balaban J connectivity index is 0.00000312. The molecule has 1 aromatic heterocycles. The second kappa shape index (κ2) is 8.70. The number of amides is 1. The van der Waals surface area contributed by atoms with Crippen molar-refractivity contribution in [3.63, 3.8) is 0 Å². The maximum absolute atomic E-state index is 12.7. The molecule has 0 bridgehead atoms. The van der Waals surface area contributed by atoms with E-state index in [1.165, 1.54) is 11.3 Å². The summed E-state index contributed by atoms with van der Waals surface area (Å²) in [5, 5.41) is 0. The van der Waals surface area contributed by atoms with Crippen LogP contribution in [0.25, 0.3) is 11.1 Å². The number of methoxy groups -OCH3 is 1. The van der Waals surface area contributed by atoms with Crippen molar-refractivity contribution in [3.8, 4) is 16.9 Å². The summed E-state index contributed by atoms with van der Waals surface area (Å²) < 4.78 is 5.20. The number of aryl methyl sites for hydroxylation is 1. The molecule has 6 heteroatoms. The molecule has 1 amide bonds. The average Bonchev–Trinajstić information content (AvgIpc) is 2.95. The lowest BCUT2D eigenvalue weighted by Gasteiger charge is -2.28. The second-order valence-electron chi connectivity index (χ2n) is 6.84. The Bertz CT molecular complexity index is 711. The van der Waals surface area contributed by atoms with Gasteiger partial charge in [0.25, 0.3) is 5.91 Å². The monoisotopic (exact) mass is 382 g/mol. The van der Waals surface area contributed by atoms with Gasteiger partial charge in [-0.2, -0.15) is 0 Å². The Kier molecular flexibility index (Phi) is 7.47. The first-order chi connectivity index (χ1) is 11.3. The van der Waals surface area contributed by atoms with E-state index < -0.39 is 0 Å². The lowest BCUT2D eigenvalue weighted by molar-refractivity contribution is 0.0745. The summed E-state index contributed by atoms with van der Waals surface area (Å²) in [6.45, 7) is 7.37. The molecule has 138 valence electrons. The van der Waals surface area contributed by atoms with Crippen LogP contribution in [0.5, 0.6) is 5.75 Å². The number of rotatable bonds is 6. The fourth-order valence-corrected chi connectivity index (χ4v) is 3.65. The highest BCUT2D eigenvalue weighted by atomic mass is 35.5. The predicted molar refractivity (Wildman–Crippen MR) is 108 cm³/mol. The molecule has 2 rings (SSSR count). The van der Waals surface area contributed by atoms with Gasteiger partial charge in [0.15, 0.2) is 0 Å². The van der Waals surface area contributed by atoms with Crippen LogP contribution in [0, 0.1) is 12.3 Å². The van der Waals surface area contributed by atoms with Crippen LogP contribution in [-0.4, -0.2) is 38.1 Å². The molecule has 0 spiro atoms. The number of nitrogens with two attached hydrogens (primary N) is 1. The molecule has 0 fully saturated rings. The fourth-order valence-electron chi connectivity index (χ4n) is 2.61. The van der Waals surface area contributed by atoms with Gasteiger partial charge in [-0.25, -0.2) is 0 Å². The predicted octanol–water partition coefficient (Wildman–Crippen LogP) is 4.21. The number of hydrogen-bond acceptors (Lipinski definition) is 4. The van der Waals surface area contributed by atoms with Crippen LogP contribution in [0.4, 0.5) is 0 Å². The minimum Gasteiger partial charge on any atom is -0.497 e. The molecule has 0 aliphatic carbocycles. The number of halogens is 1. The molecule has 0 radical (unpaired) electrons. The molecular formula is C19H27ClN2O2S. The van der Waals surface area contributed by atoms with E-state index in [1.54, 1.807) is 12.0 Å². The SMILES string of the molecule is COc1ccc(-c2cc(C(=O)N(C)CC(C)(C)CN)sc2C)cc1.Cl. The van der Waals surface area contributed by atoms with Crippen LogP contribution in [0.15, 0.2) is 30.3 Å². The molecule has 2 aromatic rings. The summed E-state index contributed by atoms with van der Waals surface area (Å²) >= 11 is 1.54. The molecule has 0 aliphatic rings. The van der Waals surface area contributed by atoms with Crippen molar-refractivity contribution in [1.82, 2.24) is 4.90 Å². The Morgan fingerprint density at radius 3 is 2.40 bits per heavy atom. The van der Waals surface area contributed by atoms with Gasteiger partial charge in [-0.1, -0.05) is 26.0 Å². The smallest absolute Gasteiger partial charge is 0.263 e. The fraction of sp³-hybridized carbons (Fsp3) is 0.421. The summed E-state index contributed by atoms with van der Waals surface area (Å²) in [5.41, 5.74) is 7.87. The Hall–Kier alpha value is -1.56. The third kappa shape index (κ3) is 5.21. The standard InChI is InChI=1S/C19H26N2O2S.ClH/c1-13-16(14-6-8-15(23-5)9-7-14)10-17(24-13)18(22)21(4)12-19(2,3)11-20;/h6-10H,11-12,20H2,1-5H3;1H. The molecule has 0 unspecified atom stereocenters. The summed E-state index contributed by atoms with van der Waals surface area (Å²) in [5.74, 6) is 0.871. The zero-order chi connectivity index (χ0) is 17.9. The minimum atomic E-state index is -0.0878. The first-order valence-electron chi connectivity index (χ1n) is 7.98. The van der Waals surface area contributed by atoms with Crippen molar-refractivity contribution in [2.24, 2.45) is 11.1 Å². The van der Waals surface area contributed by atoms with E-state index in [4.69, 9.17) is 10.5 Å². The highest BCUT2D eigenvalue weighted by molar-refractivity contribution is 7.14. The summed E-state index contributed by atoms with van der Waals surface area (Å²) in [7, 11) is 3.49. The van der Waals surface area contributed by atoms with Crippen molar-refractivity contribution in [2.75, 3.05) is 27.2 Å². The van der Waals surface area contributed by atoms with E-state index in [0.717, 1.165) is 26.6 Å². The maximum Gasteiger partial charge on any atom is 0.263 e. The van der Waals surface area contributed by atoms with Gasteiger partial charge < -0.3 is 15.4 Å². The van der Waals surface area contributed by atoms with E-state index in [9.17, 15) is 4.79 Å². The van der Waals surface area contributed by atoms with E-state index in [0.29, 0.717) is 13.1 Å². The lowest BCUT2D eigenvalue weighted by Crippen LogP contribution is -2.39. The number of ether oxygens (including phenoxy) is 1. The van der Waals surface area contributed by atoms with E-state index >= 15 is 0 Å². The van der Waals surface area contributed by atoms with Crippen LogP contribution in [0.3, 0.4) is 0 Å². The summed E-state index contributed by atoms with van der Waals surface area (Å²) in [4.78, 5) is 16.4. The van der Waals surface area contributed by atoms with Gasteiger partial charge in [0, 0.05) is 18.5 Å². The van der Waals surface area contributed by atoms with Crippen molar-refractivity contribution < 1.29 is 9.53 Å². The number of nitrogens with zero attached hydrogens (tertiary/aromatic N) is 1. The van der Waals surface area contributed by atoms with Crippen molar-refractivity contribution in [1.29, 1.82) is 0 Å². The number of thiophene rings is 1. The Morgan fingerprint density at radius 2 is 1.88 bits per heavy atom. The molecule has 25 heavy (non-hydrogen) atoms. The zero-order valence-electron chi connectivity index (χ0n) is 15.5. The van der Waals surface area contributed by atoms with E-state index in [-0.39, 0.29) is 23.7 Å². The molecule has 4 nitrogen and oxygen atoms in total. The number of carbonyl (C=O) groups excluding carboxylic acids is 1. The van der Waals surface area contributed by atoms with Gasteiger partial charge in [0.1, 0.15) is 5.75 Å². The molecule has 0 aliphatic heterocycles. The molecular weight excluding hydrogens is 356 g/mol. The quantitative estimate of drug-likeness (QED) is 0.814. The lowest BCUT2D eigenvalue weighted by atomic mass is 9.93. The van der Waals surface area contributed by atoms with Gasteiger partial charge in [0.05, 0.1) is 12.0 Å².